The molecule has 2 aromatic rings. The highest BCUT2D eigenvalue weighted by atomic mass is 35.5. The Bertz CT molecular complexity index is 1440. The number of fused-ring (bicyclic) bond motifs is 4. The maximum atomic E-state index is 13.2. The zero-order chi connectivity index (χ0) is 28.1. The molecule has 2 aromatic carbocycles. The van der Waals surface area contributed by atoms with Crippen molar-refractivity contribution in [3.8, 4) is 5.75 Å². The predicted octanol–water partition coefficient (Wildman–Crippen LogP) is 5.00. The molecule has 7 nitrogen and oxygen atoms in total. The molecule has 1 unspecified atom stereocenters. The highest BCUT2D eigenvalue weighted by Gasteiger charge is 2.44. The van der Waals surface area contributed by atoms with E-state index < -0.39 is 27.3 Å². The van der Waals surface area contributed by atoms with E-state index in [1.165, 1.54) is 11.1 Å². The van der Waals surface area contributed by atoms with Gasteiger partial charge in [-0.1, -0.05) is 29.8 Å². The molecule has 0 aromatic heterocycles. The fourth-order valence-corrected chi connectivity index (χ4v) is 8.18. The standard InChI is InChI=1S/C31H37ClN2O5S/c1-20-5-2-3-7-28(35)25-11-8-23(25)17-34-18-31(14-4-6-21-15-24(32)10-12-26(21)31)19-39-29-13-9-22(16-27(29)34)30(36)33-40(20,37)38/h3,7,9-10,12-13,15-16,20,23,25,28,35H,2,4-6,8,11,14,17-19H2,1H3,(H,33,36)/b7-3+/t20?,23-,25+,28+,31-/m0/s1. The van der Waals surface area contributed by atoms with Crippen LogP contribution in [-0.2, 0) is 21.9 Å². The molecule has 0 saturated heterocycles. The number of aliphatic hydroxyl groups excluding tert-OH is 1. The van der Waals surface area contributed by atoms with E-state index in [4.69, 9.17) is 16.3 Å². The van der Waals surface area contributed by atoms with Gasteiger partial charge in [0, 0.05) is 29.1 Å². The molecule has 214 valence electrons. The van der Waals surface area contributed by atoms with Crippen molar-refractivity contribution in [2.45, 2.75) is 68.6 Å². The van der Waals surface area contributed by atoms with Gasteiger partial charge in [-0.2, -0.15) is 0 Å². The molecule has 1 spiro atoms. The number of sulfonamides is 1. The lowest BCUT2D eigenvalue weighted by atomic mass is 9.68. The molecular formula is C31H37ClN2O5S. The molecule has 40 heavy (non-hydrogen) atoms. The number of nitrogens with zero attached hydrogens (tertiary/aromatic N) is 1. The van der Waals surface area contributed by atoms with Gasteiger partial charge in [0.1, 0.15) is 5.75 Å². The van der Waals surface area contributed by atoms with E-state index in [-0.39, 0.29) is 16.9 Å². The number of anilines is 1. The number of rotatable bonds is 0. The summed E-state index contributed by atoms with van der Waals surface area (Å²) in [7, 11) is -3.86. The number of allylic oxidation sites excluding steroid dienone is 1. The first-order valence-electron chi connectivity index (χ1n) is 14.4. The molecule has 2 heterocycles. The van der Waals surface area contributed by atoms with Gasteiger partial charge in [-0.25, -0.2) is 13.1 Å². The highest BCUT2D eigenvalue weighted by Crippen LogP contribution is 2.46. The zero-order valence-electron chi connectivity index (χ0n) is 22.8. The smallest absolute Gasteiger partial charge is 0.264 e. The lowest BCUT2D eigenvalue weighted by Crippen LogP contribution is -2.49. The molecule has 2 aliphatic heterocycles. The quantitative estimate of drug-likeness (QED) is 0.423. The van der Waals surface area contributed by atoms with Crippen molar-refractivity contribution in [1.82, 2.24) is 4.72 Å². The average Bonchev–Trinajstić information content (AvgIpc) is 3.05. The molecule has 0 radical (unpaired) electrons. The SMILES string of the molecule is CC1CC/C=C/[C@@H](O)[C@@H]2CC[C@H]2CN2C[C@@]3(CCCc4cc(Cl)ccc43)COc3ccc(cc32)C(=O)NS1(=O)=O. The minimum atomic E-state index is -3.86. The molecule has 2 aliphatic carbocycles. The van der Waals surface area contributed by atoms with Crippen molar-refractivity contribution in [3.63, 3.8) is 0 Å². The van der Waals surface area contributed by atoms with Crippen LogP contribution in [0.5, 0.6) is 5.75 Å². The monoisotopic (exact) mass is 584 g/mol. The molecule has 1 saturated carbocycles. The second-order valence-electron chi connectivity index (χ2n) is 12.1. The number of aliphatic hydroxyl groups is 1. The van der Waals surface area contributed by atoms with Crippen molar-refractivity contribution >= 4 is 33.2 Å². The minimum absolute atomic E-state index is 0.137. The number of aryl methyl sites for hydroxylation is 1. The summed E-state index contributed by atoms with van der Waals surface area (Å²) in [6.45, 7) is 3.52. The van der Waals surface area contributed by atoms with Crippen LogP contribution in [0.15, 0.2) is 48.6 Å². The fraction of sp³-hybridized carbons (Fsp3) is 0.516. The number of carbonyl (C=O) groups is 1. The molecule has 1 fully saturated rings. The highest BCUT2D eigenvalue weighted by molar-refractivity contribution is 7.90. The summed E-state index contributed by atoms with van der Waals surface area (Å²) < 4.78 is 34.6. The zero-order valence-corrected chi connectivity index (χ0v) is 24.4. The number of amides is 1. The number of carbonyl (C=O) groups excluding carboxylic acids is 1. The molecule has 2 N–H and O–H groups in total. The van der Waals surface area contributed by atoms with Crippen LogP contribution in [-0.4, -0.2) is 50.5 Å². The third-order valence-corrected chi connectivity index (χ3v) is 11.5. The fourth-order valence-electron chi connectivity index (χ4n) is 6.96. The van der Waals surface area contributed by atoms with Gasteiger partial charge >= 0.3 is 0 Å². The van der Waals surface area contributed by atoms with E-state index in [1.807, 2.05) is 18.2 Å². The van der Waals surface area contributed by atoms with Gasteiger partial charge in [-0.15, -0.1) is 0 Å². The molecule has 2 bridgehead atoms. The molecule has 5 atom stereocenters. The molecular weight excluding hydrogens is 548 g/mol. The first kappa shape index (κ1) is 27.6. The van der Waals surface area contributed by atoms with Gasteiger partial charge in [0.2, 0.25) is 10.0 Å². The Morgan fingerprint density at radius 2 is 2.00 bits per heavy atom. The van der Waals surface area contributed by atoms with Crippen molar-refractivity contribution < 1.29 is 23.1 Å². The second-order valence-corrected chi connectivity index (χ2v) is 14.6. The van der Waals surface area contributed by atoms with Gasteiger partial charge in [0.05, 0.1) is 23.6 Å². The Balaban J connectivity index is 1.42. The van der Waals surface area contributed by atoms with Crippen LogP contribution in [0.25, 0.3) is 0 Å². The number of benzene rings is 2. The Morgan fingerprint density at radius 1 is 1.15 bits per heavy atom. The lowest BCUT2D eigenvalue weighted by Gasteiger charge is -2.45. The van der Waals surface area contributed by atoms with Crippen molar-refractivity contribution in [2.24, 2.45) is 11.8 Å². The number of hydrogen-bond donors (Lipinski definition) is 2. The van der Waals surface area contributed by atoms with E-state index in [2.05, 4.69) is 21.8 Å². The van der Waals surface area contributed by atoms with Crippen LogP contribution in [0.3, 0.4) is 0 Å². The lowest BCUT2D eigenvalue weighted by molar-refractivity contribution is 0.0456. The maximum absolute atomic E-state index is 13.2. The van der Waals surface area contributed by atoms with Crippen LogP contribution in [0.4, 0.5) is 5.69 Å². The average molecular weight is 585 g/mol. The van der Waals surface area contributed by atoms with E-state index in [9.17, 15) is 18.3 Å². The molecule has 4 aliphatic rings. The topological polar surface area (TPSA) is 95.9 Å². The van der Waals surface area contributed by atoms with Gasteiger partial charge in [-0.3, -0.25) is 4.79 Å². The Hall–Kier alpha value is -2.55. The molecule has 6 rings (SSSR count). The summed E-state index contributed by atoms with van der Waals surface area (Å²) in [4.78, 5) is 15.5. The Labute approximate surface area is 241 Å². The van der Waals surface area contributed by atoms with Crippen molar-refractivity contribution in [3.05, 3.63) is 70.3 Å². The van der Waals surface area contributed by atoms with Crippen LogP contribution in [0.1, 0.15) is 66.9 Å². The summed E-state index contributed by atoms with van der Waals surface area (Å²) in [6.07, 6.45) is 8.95. The van der Waals surface area contributed by atoms with Gasteiger partial charge in [-0.05, 0) is 105 Å². The van der Waals surface area contributed by atoms with Crippen LogP contribution in [0.2, 0.25) is 5.02 Å². The van der Waals surface area contributed by atoms with Crippen molar-refractivity contribution in [1.29, 1.82) is 0 Å². The number of hydrogen-bond acceptors (Lipinski definition) is 6. The number of nitrogens with one attached hydrogen (secondary N) is 1. The predicted molar refractivity (Wildman–Crippen MR) is 157 cm³/mol. The summed E-state index contributed by atoms with van der Waals surface area (Å²) >= 11 is 6.37. The largest absolute Gasteiger partial charge is 0.490 e. The van der Waals surface area contributed by atoms with E-state index in [1.54, 1.807) is 25.1 Å². The van der Waals surface area contributed by atoms with Gasteiger partial charge in [0.25, 0.3) is 5.91 Å². The van der Waals surface area contributed by atoms with Crippen molar-refractivity contribution in [2.75, 3.05) is 24.6 Å². The first-order chi connectivity index (χ1) is 19.1. The third-order valence-electron chi connectivity index (χ3n) is 9.51. The van der Waals surface area contributed by atoms with E-state index in [0.29, 0.717) is 37.7 Å². The normalized spacial score (nSPS) is 32.5. The van der Waals surface area contributed by atoms with Crippen LogP contribution >= 0.6 is 11.6 Å². The Kier molecular flexibility index (Phi) is 7.38. The second kappa shape index (κ2) is 10.7. The minimum Gasteiger partial charge on any atom is -0.490 e. The summed E-state index contributed by atoms with van der Waals surface area (Å²) in [5.41, 5.74) is 3.33. The summed E-state index contributed by atoms with van der Waals surface area (Å²) in [6, 6.07) is 11.4. The van der Waals surface area contributed by atoms with E-state index >= 15 is 0 Å². The van der Waals surface area contributed by atoms with Crippen LogP contribution < -0.4 is 14.4 Å². The summed E-state index contributed by atoms with van der Waals surface area (Å²) in [5.74, 6) is 0.479. The van der Waals surface area contributed by atoms with E-state index in [0.717, 1.165) is 49.4 Å². The Morgan fingerprint density at radius 3 is 2.80 bits per heavy atom. The van der Waals surface area contributed by atoms with Gasteiger partial charge in [0.15, 0.2) is 0 Å². The molecule has 1 amide bonds. The van der Waals surface area contributed by atoms with Gasteiger partial charge < -0.3 is 14.7 Å². The first-order valence-corrected chi connectivity index (χ1v) is 16.3. The third kappa shape index (κ3) is 5.14. The number of halogens is 1. The summed E-state index contributed by atoms with van der Waals surface area (Å²) in [5, 5.41) is 11.0. The molecule has 9 heteroatoms. The number of ether oxygens (including phenoxy) is 1. The maximum Gasteiger partial charge on any atom is 0.264 e. The van der Waals surface area contributed by atoms with Crippen LogP contribution in [0, 0.1) is 11.8 Å².